The second-order valence-electron chi connectivity index (χ2n) is 6.59. The topological polar surface area (TPSA) is 45.1 Å². The Bertz CT molecular complexity index is 901. The highest BCUT2D eigenvalue weighted by molar-refractivity contribution is 9.10. The van der Waals surface area contributed by atoms with E-state index in [1.54, 1.807) is 7.11 Å². The van der Waals surface area contributed by atoms with Crippen LogP contribution in [0, 0.1) is 0 Å². The highest BCUT2D eigenvalue weighted by Crippen LogP contribution is 2.31. The van der Waals surface area contributed by atoms with Crippen molar-refractivity contribution in [3.8, 4) is 5.75 Å². The number of methoxy groups -OCH3 is 1. The van der Waals surface area contributed by atoms with Gasteiger partial charge in [-0.15, -0.1) is 0 Å². The van der Waals surface area contributed by atoms with Crippen LogP contribution >= 0.6 is 15.9 Å². The van der Waals surface area contributed by atoms with Crippen LogP contribution in [0.25, 0.3) is 0 Å². The quantitative estimate of drug-likeness (QED) is 0.561. The van der Waals surface area contributed by atoms with Crippen molar-refractivity contribution in [3.05, 3.63) is 94.5 Å². The third-order valence-electron chi connectivity index (χ3n) is 4.53. The van der Waals surface area contributed by atoms with E-state index in [9.17, 15) is 5.11 Å². The van der Waals surface area contributed by atoms with Gasteiger partial charge >= 0.3 is 0 Å². The van der Waals surface area contributed by atoms with Crippen LogP contribution in [-0.2, 0) is 6.54 Å². The molecule has 1 heterocycles. The summed E-state index contributed by atoms with van der Waals surface area (Å²) in [5, 5.41) is 9.17. The van der Waals surface area contributed by atoms with E-state index in [1.807, 2.05) is 72.8 Å². The van der Waals surface area contributed by atoms with Gasteiger partial charge in [-0.1, -0.05) is 52.3 Å². The zero-order valence-corrected chi connectivity index (χ0v) is 18.0. The van der Waals surface area contributed by atoms with Crippen LogP contribution in [-0.4, -0.2) is 36.1 Å². The molecular weight excluding hydrogens is 428 g/mol. The van der Waals surface area contributed by atoms with Crippen LogP contribution in [0.15, 0.2) is 88.3 Å². The highest BCUT2D eigenvalue weighted by atomic mass is 79.9. The summed E-state index contributed by atoms with van der Waals surface area (Å²) in [5.41, 5.74) is 3.24. The fourth-order valence-corrected chi connectivity index (χ4v) is 3.48. The number of hydrogen-bond acceptors (Lipinski definition) is 4. The van der Waals surface area contributed by atoms with Crippen LogP contribution < -0.4 is 4.74 Å². The van der Waals surface area contributed by atoms with E-state index in [-0.39, 0.29) is 6.61 Å². The Balaban J connectivity index is 0.000000343. The summed E-state index contributed by atoms with van der Waals surface area (Å²) in [6.07, 6.45) is 0.721. The van der Waals surface area contributed by atoms with E-state index in [2.05, 4.69) is 26.9 Å². The second kappa shape index (κ2) is 10.8. The van der Waals surface area contributed by atoms with Crippen LogP contribution in [0.5, 0.6) is 5.75 Å². The van der Waals surface area contributed by atoms with Gasteiger partial charge in [0, 0.05) is 29.7 Å². The molecule has 0 atom stereocenters. The van der Waals surface area contributed by atoms with E-state index in [1.165, 1.54) is 5.56 Å². The van der Waals surface area contributed by atoms with Crippen molar-refractivity contribution < 1.29 is 9.84 Å². The zero-order chi connectivity index (χ0) is 20.5. The van der Waals surface area contributed by atoms with Crippen molar-refractivity contribution >= 4 is 27.5 Å². The number of hydrogen-bond donors (Lipinski definition) is 1. The van der Waals surface area contributed by atoms with Crippen LogP contribution in [0.3, 0.4) is 0 Å². The SMILES string of the molecule is COc1ccc(C2=Nc3ccc(Br)cc3CN2CCCO)cc1.c1ccccc1. The fraction of sp³-hybridized carbons (Fsp3) is 0.208. The molecule has 3 aromatic rings. The Morgan fingerprint density at radius 1 is 1.00 bits per heavy atom. The Morgan fingerprint density at radius 3 is 2.24 bits per heavy atom. The van der Waals surface area contributed by atoms with Crippen molar-refractivity contribution in [2.75, 3.05) is 20.3 Å². The highest BCUT2D eigenvalue weighted by Gasteiger charge is 2.21. The van der Waals surface area contributed by atoms with Crippen LogP contribution in [0.2, 0.25) is 0 Å². The molecular formula is C24H25BrN2O2. The number of ether oxygens (including phenoxy) is 1. The Morgan fingerprint density at radius 2 is 1.66 bits per heavy atom. The number of benzene rings is 3. The van der Waals surface area contributed by atoms with Crippen molar-refractivity contribution in [2.45, 2.75) is 13.0 Å². The molecule has 4 rings (SSSR count). The third-order valence-corrected chi connectivity index (χ3v) is 5.02. The second-order valence-corrected chi connectivity index (χ2v) is 7.51. The van der Waals surface area contributed by atoms with Crippen molar-refractivity contribution in [1.82, 2.24) is 4.90 Å². The summed E-state index contributed by atoms with van der Waals surface area (Å²) in [4.78, 5) is 7.06. The molecule has 1 aliphatic rings. The number of rotatable bonds is 5. The molecule has 1 N–H and O–H groups in total. The van der Waals surface area contributed by atoms with E-state index in [0.29, 0.717) is 0 Å². The molecule has 0 spiro atoms. The predicted octanol–water partition coefficient (Wildman–Crippen LogP) is 5.42. The summed E-state index contributed by atoms with van der Waals surface area (Å²) < 4.78 is 6.28. The molecule has 0 bridgehead atoms. The number of aliphatic hydroxyl groups is 1. The van der Waals surface area contributed by atoms with E-state index in [4.69, 9.17) is 9.73 Å². The number of aliphatic hydroxyl groups excluding tert-OH is 1. The molecule has 4 nitrogen and oxygen atoms in total. The Kier molecular flexibility index (Phi) is 7.85. The van der Waals surface area contributed by atoms with Gasteiger partial charge in [-0.25, -0.2) is 4.99 Å². The molecule has 0 radical (unpaired) electrons. The van der Waals surface area contributed by atoms with Crippen LogP contribution in [0.1, 0.15) is 17.5 Å². The molecule has 0 unspecified atom stereocenters. The number of nitrogens with zero attached hydrogens (tertiary/aromatic N) is 2. The number of halogens is 1. The van der Waals surface area contributed by atoms with Gasteiger partial charge in [0.05, 0.1) is 12.8 Å². The predicted molar refractivity (Wildman–Crippen MR) is 122 cm³/mol. The molecule has 3 aromatic carbocycles. The first-order valence-electron chi connectivity index (χ1n) is 9.58. The van der Waals surface area contributed by atoms with E-state index >= 15 is 0 Å². The first-order valence-corrected chi connectivity index (χ1v) is 10.4. The number of aliphatic imine (C=N–C) groups is 1. The van der Waals surface area contributed by atoms with Crippen molar-refractivity contribution in [2.24, 2.45) is 4.99 Å². The average molecular weight is 453 g/mol. The maximum atomic E-state index is 9.17. The lowest BCUT2D eigenvalue weighted by atomic mass is 10.1. The fourth-order valence-electron chi connectivity index (χ4n) is 3.07. The first kappa shape index (κ1) is 21.1. The molecule has 0 fully saturated rings. The van der Waals surface area contributed by atoms with Gasteiger partial charge in [-0.3, -0.25) is 0 Å². The normalized spacial score (nSPS) is 12.4. The van der Waals surface area contributed by atoms with Crippen molar-refractivity contribution in [3.63, 3.8) is 0 Å². The molecule has 0 aliphatic carbocycles. The van der Waals surface area contributed by atoms with Gasteiger partial charge < -0.3 is 14.7 Å². The third kappa shape index (κ3) is 5.92. The minimum atomic E-state index is 0.178. The maximum absolute atomic E-state index is 9.17. The molecule has 0 aromatic heterocycles. The lowest BCUT2D eigenvalue weighted by Crippen LogP contribution is -2.34. The van der Waals surface area contributed by atoms with Crippen molar-refractivity contribution in [1.29, 1.82) is 0 Å². The minimum absolute atomic E-state index is 0.178. The number of fused-ring (bicyclic) bond motifs is 1. The zero-order valence-electron chi connectivity index (χ0n) is 16.5. The number of amidine groups is 1. The molecule has 0 saturated carbocycles. The lowest BCUT2D eigenvalue weighted by Gasteiger charge is -2.31. The van der Waals surface area contributed by atoms with Gasteiger partial charge in [0.25, 0.3) is 0 Å². The summed E-state index contributed by atoms with van der Waals surface area (Å²) in [5.74, 6) is 1.77. The average Bonchev–Trinajstić information content (AvgIpc) is 2.78. The Labute approximate surface area is 180 Å². The molecule has 29 heavy (non-hydrogen) atoms. The summed E-state index contributed by atoms with van der Waals surface area (Å²) in [7, 11) is 1.66. The standard InChI is InChI=1S/C18H19BrN2O2.C6H6/c1-23-16-6-3-13(4-7-16)18-20-17-8-5-15(19)11-14(17)12-21(18)9-2-10-22;1-2-4-6-5-3-1/h3-8,11,22H,2,9-10,12H2,1H3;1-6H. The molecule has 1 aliphatic heterocycles. The summed E-state index contributed by atoms with van der Waals surface area (Å²) in [6.45, 7) is 1.74. The van der Waals surface area contributed by atoms with Gasteiger partial charge in [-0.05, 0) is 54.4 Å². The molecule has 150 valence electrons. The Hall–Kier alpha value is -2.63. The first-order chi connectivity index (χ1) is 14.2. The van der Waals surface area contributed by atoms with Gasteiger partial charge in [0.1, 0.15) is 11.6 Å². The summed E-state index contributed by atoms with van der Waals surface area (Å²) in [6, 6.07) is 26.1. The minimum Gasteiger partial charge on any atom is -0.497 e. The van der Waals surface area contributed by atoms with Crippen LogP contribution in [0.4, 0.5) is 5.69 Å². The maximum Gasteiger partial charge on any atom is 0.136 e. The lowest BCUT2D eigenvalue weighted by molar-refractivity contribution is 0.264. The smallest absolute Gasteiger partial charge is 0.136 e. The molecule has 0 amide bonds. The van der Waals surface area contributed by atoms with Gasteiger partial charge in [-0.2, -0.15) is 0 Å². The van der Waals surface area contributed by atoms with Gasteiger partial charge in [0.2, 0.25) is 0 Å². The largest absolute Gasteiger partial charge is 0.497 e. The van der Waals surface area contributed by atoms with Gasteiger partial charge in [0.15, 0.2) is 0 Å². The van der Waals surface area contributed by atoms with E-state index in [0.717, 1.165) is 46.8 Å². The monoisotopic (exact) mass is 452 g/mol. The van der Waals surface area contributed by atoms with E-state index < -0.39 is 0 Å². The molecule has 5 heteroatoms. The summed E-state index contributed by atoms with van der Waals surface area (Å²) >= 11 is 3.52. The molecule has 0 saturated heterocycles.